The van der Waals surface area contributed by atoms with Gasteiger partial charge in [-0.25, -0.2) is 4.18 Å². The maximum absolute atomic E-state index is 12.8. The van der Waals surface area contributed by atoms with E-state index < -0.39 is 59.8 Å². The van der Waals surface area contributed by atoms with Gasteiger partial charge in [-0.1, -0.05) is 132 Å². The molecule has 1 fully saturated rings. The van der Waals surface area contributed by atoms with Gasteiger partial charge in [-0.15, -0.1) is 0 Å². The number of carbonyl (C=O) groups excluding carboxylic acids is 1. The van der Waals surface area contributed by atoms with E-state index in [4.69, 9.17) is 23.5 Å². The fraction of sp³-hybridized carbons (Fsp3) is 0.732. The van der Waals surface area contributed by atoms with Crippen LogP contribution < -0.4 is 0 Å². The minimum absolute atomic E-state index is 0.0117. The van der Waals surface area contributed by atoms with Crippen molar-refractivity contribution in [2.75, 3.05) is 26.4 Å². The van der Waals surface area contributed by atoms with Crippen LogP contribution in [0.5, 0.6) is 0 Å². The zero-order valence-corrected chi connectivity index (χ0v) is 33.6. The minimum Gasteiger partial charge on any atom is -0.457 e. The second kappa shape index (κ2) is 33.0. The highest BCUT2D eigenvalue weighted by Gasteiger charge is 2.48. The number of esters is 1. The molecule has 1 rings (SSSR count). The number of hydrogen-bond donors (Lipinski definition) is 4. The summed E-state index contributed by atoms with van der Waals surface area (Å²) in [5.74, 6) is -0.458. The monoisotopic (exact) mass is 786 g/mol. The van der Waals surface area contributed by atoms with Crippen LogP contribution in [0.15, 0.2) is 60.8 Å². The summed E-state index contributed by atoms with van der Waals surface area (Å²) >= 11 is 0. The fourth-order valence-electron chi connectivity index (χ4n) is 5.65. The summed E-state index contributed by atoms with van der Waals surface area (Å²) in [6.07, 6.45) is 29.9. The molecule has 0 saturated carbocycles. The molecule has 54 heavy (non-hydrogen) atoms. The van der Waals surface area contributed by atoms with Crippen molar-refractivity contribution < 1.29 is 56.2 Å². The van der Waals surface area contributed by atoms with Crippen LogP contribution in [0, 0.1) is 0 Å². The van der Waals surface area contributed by atoms with Crippen LogP contribution in [0.3, 0.4) is 0 Å². The molecule has 312 valence electrons. The molecule has 0 aliphatic carbocycles. The van der Waals surface area contributed by atoms with E-state index in [0.29, 0.717) is 19.4 Å². The molecule has 6 atom stereocenters. The van der Waals surface area contributed by atoms with E-state index >= 15 is 0 Å². The summed E-state index contributed by atoms with van der Waals surface area (Å²) in [6.45, 7) is 3.76. The number of ether oxygens (including phenoxy) is 4. The third-order valence-electron chi connectivity index (χ3n) is 8.65. The Hall–Kier alpha value is -2.20. The molecule has 1 heterocycles. The van der Waals surface area contributed by atoms with Gasteiger partial charge in [0, 0.05) is 13.0 Å². The normalized spacial score (nSPS) is 21.8. The molecule has 0 aromatic heterocycles. The number of unbranched alkanes of at least 4 members (excludes halogenated alkanes) is 10. The topological polar surface area (TPSA) is 178 Å². The molecule has 12 nitrogen and oxygen atoms in total. The van der Waals surface area contributed by atoms with E-state index in [1.54, 1.807) is 0 Å². The first kappa shape index (κ1) is 49.8. The highest BCUT2D eigenvalue weighted by molar-refractivity contribution is 7.80. The quantitative estimate of drug-likeness (QED) is 0.0225. The third kappa shape index (κ3) is 26.6. The molecule has 4 N–H and O–H groups in total. The molecule has 6 unspecified atom stereocenters. The van der Waals surface area contributed by atoms with Gasteiger partial charge >= 0.3 is 16.4 Å². The summed E-state index contributed by atoms with van der Waals surface area (Å²) in [6, 6.07) is 0. The Morgan fingerprint density at radius 2 is 1.26 bits per heavy atom. The predicted molar refractivity (Wildman–Crippen MR) is 211 cm³/mol. The first-order valence-corrected chi connectivity index (χ1v) is 21.4. The third-order valence-corrected chi connectivity index (χ3v) is 9.12. The number of hydrogen-bond acceptors (Lipinski definition) is 11. The van der Waals surface area contributed by atoms with Crippen LogP contribution in [0.2, 0.25) is 0 Å². The van der Waals surface area contributed by atoms with Gasteiger partial charge in [0.15, 0.2) is 6.29 Å². The zero-order valence-electron chi connectivity index (χ0n) is 32.8. The van der Waals surface area contributed by atoms with E-state index in [9.17, 15) is 28.5 Å². The average Bonchev–Trinajstić information content (AvgIpc) is 3.14. The molecule has 0 amide bonds. The molecular formula is C41H70O12S. The second-order valence-electron chi connectivity index (χ2n) is 13.5. The molecule has 1 saturated heterocycles. The van der Waals surface area contributed by atoms with Crippen molar-refractivity contribution in [3.8, 4) is 0 Å². The van der Waals surface area contributed by atoms with Gasteiger partial charge in [-0.2, -0.15) is 8.42 Å². The van der Waals surface area contributed by atoms with E-state index in [0.717, 1.165) is 51.4 Å². The summed E-state index contributed by atoms with van der Waals surface area (Å²) in [5, 5.41) is 30.5. The minimum atomic E-state index is -5.07. The van der Waals surface area contributed by atoms with Crippen molar-refractivity contribution in [1.29, 1.82) is 0 Å². The van der Waals surface area contributed by atoms with Crippen LogP contribution in [-0.4, -0.2) is 97.5 Å². The van der Waals surface area contributed by atoms with Gasteiger partial charge in [-0.05, 0) is 51.4 Å². The Bertz CT molecular complexity index is 1180. The highest BCUT2D eigenvalue weighted by Crippen LogP contribution is 2.26. The highest BCUT2D eigenvalue weighted by atomic mass is 32.3. The Balaban J connectivity index is 2.54. The van der Waals surface area contributed by atoms with E-state index in [-0.39, 0.29) is 19.6 Å². The number of aliphatic hydroxyl groups is 3. The summed E-state index contributed by atoms with van der Waals surface area (Å²) < 4.78 is 58.7. The lowest BCUT2D eigenvalue weighted by molar-refractivity contribution is -0.301. The molecule has 0 spiro atoms. The number of aliphatic hydroxyl groups excluding tert-OH is 3. The SMILES string of the molecule is CC/C=C\C/C=C\C/C=C\C/C=C\C/C=C\CCCC(=O)OC(COCCCCCCCCCCCC)COC1OC(CO)C(O)C(OS(=O)(=O)O)C1O. The van der Waals surface area contributed by atoms with Gasteiger partial charge in [-0.3, -0.25) is 9.35 Å². The van der Waals surface area contributed by atoms with Crippen LogP contribution in [-0.2, 0) is 38.3 Å². The number of rotatable bonds is 33. The van der Waals surface area contributed by atoms with Gasteiger partial charge in [0.25, 0.3) is 0 Å². The summed E-state index contributed by atoms with van der Waals surface area (Å²) in [7, 11) is -5.07. The van der Waals surface area contributed by atoms with Crippen molar-refractivity contribution in [1.82, 2.24) is 0 Å². The lowest BCUT2D eigenvalue weighted by atomic mass is 9.99. The van der Waals surface area contributed by atoms with Crippen molar-refractivity contribution in [2.24, 2.45) is 0 Å². The molecule has 1 aliphatic heterocycles. The fourth-order valence-corrected chi connectivity index (χ4v) is 6.16. The van der Waals surface area contributed by atoms with Gasteiger partial charge in [0.2, 0.25) is 0 Å². The van der Waals surface area contributed by atoms with Gasteiger partial charge in [0.05, 0.1) is 19.8 Å². The average molecular weight is 787 g/mol. The molecule has 0 radical (unpaired) electrons. The summed E-state index contributed by atoms with van der Waals surface area (Å²) in [4.78, 5) is 12.8. The lowest BCUT2D eigenvalue weighted by Crippen LogP contribution is -2.60. The predicted octanol–water partition coefficient (Wildman–Crippen LogP) is 7.40. The Labute approximate surface area is 325 Å². The Kier molecular flexibility index (Phi) is 30.4. The Morgan fingerprint density at radius 1 is 0.722 bits per heavy atom. The standard InChI is InChI=1S/C41H70O12S/c1-3-5-7-9-11-13-15-16-17-18-19-20-21-22-24-26-28-30-37(43)51-35(33-49-31-29-27-25-23-14-12-10-8-6-4-2)34-50-41-39(45)40(53-54(46,47)48)38(44)36(32-42)52-41/h5,7,11,13,16-17,19-20,22,24,35-36,38-42,44-45H,3-4,6,8-10,12,14-15,18,21,23,25-34H2,1-2H3,(H,46,47,48)/b7-5-,13-11-,17-16-,20-19-,24-22-. The van der Waals surface area contributed by atoms with Crippen LogP contribution >= 0.6 is 0 Å². The Morgan fingerprint density at radius 3 is 1.80 bits per heavy atom. The molecule has 0 aromatic rings. The number of carbonyl (C=O) groups is 1. The van der Waals surface area contributed by atoms with Crippen molar-refractivity contribution in [3.63, 3.8) is 0 Å². The first-order chi connectivity index (χ1) is 26.1. The maximum atomic E-state index is 12.8. The van der Waals surface area contributed by atoms with E-state index in [1.165, 1.54) is 44.9 Å². The molecule has 1 aliphatic rings. The smallest absolute Gasteiger partial charge is 0.397 e. The van der Waals surface area contributed by atoms with Gasteiger partial charge in [0.1, 0.15) is 30.5 Å². The number of allylic oxidation sites excluding steroid dienone is 10. The maximum Gasteiger partial charge on any atom is 0.397 e. The van der Waals surface area contributed by atoms with E-state index in [2.05, 4.69) is 72.7 Å². The lowest BCUT2D eigenvalue weighted by Gasteiger charge is -2.41. The van der Waals surface area contributed by atoms with E-state index in [1.807, 2.05) is 6.08 Å². The largest absolute Gasteiger partial charge is 0.457 e. The van der Waals surface area contributed by atoms with Crippen LogP contribution in [0.25, 0.3) is 0 Å². The summed E-state index contributed by atoms with van der Waals surface area (Å²) in [5.41, 5.74) is 0. The zero-order chi connectivity index (χ0) is 39.7. The molecule has 13 heteroatoms. The van der Waals surface area contributed by atoms with Crippen LogP contribution in [0.4, 0.5) is 0 Å². The van der Waals surface area contributed by atoms with Crippen molar-refractivity contribution in [2.45, 2.75) is 166 Å². The molecule has 0 aromatic carbocycles. The van der Waals surface area contributed by atoms with Crippen molar-refractivity contribution >= 4 is 16.4 Å². The first-order valence-electron chi connectivity index (χ1n) is 20.0. The van der Waals surface area contributed by atoms with Crippen LogP contribution in [0.1, 0.15) is 129 Å². The molecule has 0 bridgehead atoms. The van der Waals surface area contributed by atoms with Gasteiger partial charge < -0.3 is 34.3 Å². The second-order valence-corrected chi connectivity index (χ2v) is 14.5. The molecular weight excluding hydrogens is 717 g/mol. The van der Waals surface area contributed by atoms with Crippen molar-refractivity contribution in [3.05, 3.63) is 60.8 Å².